The third-order valence-corrected chi connectivity index (χ3v) is 2.92. The van der Waals surface area contributed by atoms with Crippen molar-refractivity contribution in [3.05, 3.63) is 29.8 Å². The van der Waals surface area contributed by atoms with Crippen molar-refractivity contribution in [3.8, 4) is 5.75 Å². The van der Waals surface area contributed by atoms with E-state index in [2.05, 4.69) is 4.74 Å². The topological polar surface area (TPSA) is 9.23 Å². The lowest BCUT2D eigenvalue weighted by Gasteiger charge is -2.13. The largest absolute Gasteiger partial charge is 0.573 e. The number of benzene rings is 1. The number of hydrogen-bond acceptors (Lipinski definition) is 1. The molecule has 0 atom stereocenters. The highest BCUT2D eigenvalue weighted by Gasteiger charge is 2.31. The summed E-state index contributed by atoms with van der Waals surface area (Å²) in [6, 6.07) is 6.34. The molecule has 4 heteroatoms. The first-order valence-electron chi connectivity index (χ1n) is 5.40. The van der Waals surface area contributed by atoms with E-state index in [4.69, 9.17) is 0 Å². The molecule has 1 aromatic carbocycles. The lowest BCUT2D eigenvalue weighted by Crippen LogP contribution is -2.17. The van der Waals surface area contributed by atoms with Gasteiger partial charge in [0, 0.05) is 0 Å². The highest BCUT2D eigenvalue weighted by atomic mass is 19.4. The van der Waals surface area contributed by atoms with E-state index in [-0.39, 0.29) is 5.75 Å². The summed E-state index contributed by atoms with van der Waals surface area (Å²) in [5.41, 5.74) is 0.958. The summed E-state index contributed by atoms with van der Waals surface area (Å²) < 4.78 is 40.0. The third kappa shape index (κ3) is 2.90. The SMILES string of the molecule is FC(F)(F)Oc1cccc(C2CCCC2)c1. The van der Waals surface area contributed by atoms with Crippen LogP contribution in [0.15, 0.2) is 24.3 Å². The van der Waals surface area contributed by atoms with Crippen LogP contribution >= 0.6 is 0 Å². The molecule has 1 fully saturated rings. The fourth-order valence-electron chi connectivity index (χ4n) is 2.22. The zero-order chi connectivity index (χ0) is 11.6. The van der Waals surface area contributed by atoms with E-state index in [1.165, 1.54) is 12.1 Å². The molecule has 0 bridgehead atoms. The molecule has 1 saturated carbocycles. The highest BCUT2D eigenvalue weighted by Crippen LogP contribution is 2.35. The van der Waals surface area contributed by atoms with Gasteiger partial charge < -0.3 is 4.74 Å². The van der Waals surface area contributed by atoms with Crippen molar-refractivity contribution in [2.24, 2.45) is 0 Å². The van der Waals surface area contributed by atoms with Gasteiger partial charge in [-0.3, -0.25) is 0 Å². The van der Waals surface area contributed by atoms with E-state index in [0.717, 1.165) is 31.2 Å². The van der Waals surface area contributed by atoms with Crippen molar-refractivity contribution < 1.29 is 17.9 Å². The minimum Gasteiger partial charge on any atom is -0.406 e. The van der Waals surface area contributed by atoms with Gasteiger partial charge in [-0.15, -0.1) is 13.2 Å². The van der Waals surface area contributed by atoms with Crippen molar-refractivity contribution in [2.75, 3.05) is 0 Å². The molecular weight excluding hydrogens is 217 g/mol. The Balaban J connectivity index is 2.12. The summed E-state index contributed by atoms with van der Waals surface area (Å²) in [5, 5.41) is 0. The maximum atomic E-state index is 12.0. The molecule has 0 unspecified atom stereocenters. The van der Waals surface area contributed by atoms with Gasteiger partial charge in [0.2, 0.25) is 0 Å². The Labute approximate surface area is 92.2 Å². The van der Waals surface area contributed by atoms with Crippen LogP contribution in [0.2, 0.25) is 0 Å². The van der Waals surface area contributed by atoms with Crippen molar-refractivity contribution in [2.45, 2.75) is 38.0 Å². The molecule has 0 saturated heterocycles. The Morgan fingerprint density at radius 3 is 2.44 bits per heavy atom. The summed E-state index contributed by atoms with van der Waals surface area (Å²) in [6.45, 7) is 0. The molecule has 0 spiro atoms. The van der Waals surface area contributed by atoms with Crippen LogP contribution in [0, 0.1) is 0 Å². The highest BCUT2D eigenvalue weighted by molar-refractivity contribution is 5.31. The average molecular weight is 230 g/mol. The summed E-state index contributed by atoms with van der Waals surface area (Å²) in [6.07, 6.45) is -0.150. The van der Waals surface area contributed by atoms with Crippen molar-refractivity contribution in [1.29, 1.82) is 0 Å². The molecule has 0 heterocycles. The zero-order valence-electron chi connectivity index (χ0n) is 8.76. The normalized spacial score (nSPS) is 17.7. The molecule has 0 aromatic heterocycles. The van der Waals surface area contributed by atoms with Gasteiger partial charge in [0.15, 0.2) is 0 Å². The van der Waals surface area contributed by atoms with Crippen LogP contribution in [0.25, 0.3) is 0 Å². The number of ether oxygens (including phenoxy) is 1. The van der Waals surface area contributed by atoms with Gasteiger partial charge in [-0.05, 0) is 36.5 Å². The second-order valence-electron chi connectivity index (χ2n) is 4.10. The Bertz CT molecular complexity index is 354. The molecular formula is C12H13F3O. The molecule has 1 nitrogen and oxygen atoms in total. The van der Waals surface area contributed by atoms with E-state index in [1.54, 1.807) is 6.07 Å². The van der Waals surface area contributed by atoms with Gasteiger partial charge in [-0.2, -0.15) is 0 Å². The van der Waals surface area contributed by atoms with Crippen LogP contribution in [0.1, 0.15) is 37.2 Å². The van der Waals surface area contributed by atoms with Crippen molar-refractivity contribution in [3.63, 3.8) is 0 Å². The predicted octanol–water partition coefficient (Wildman–Crippen LogP) is 4.24. The molecule has 0 amide bonds. The predicted molar refractivity (Wildman–Crippen MR) is 54.3 cm³/mol. The Morgan fingerprint density at radius 1 is 1.12 bits per heavy atom. The fraction of sp³-hybridized carbons (Fsp3) is 0.500. The average Bonchev–Trinajstić information content (AvgIpc) is 2.68. The molecule has 2 rings (SSSR count). The number of hydrogen-bond donors (Lipinski definition) is 0. The second-order valence-corrected chi connectivity index (χ2v) is 4.10. The van der Waals surface area contributed by atoms with E-state index >= 15 is 0 Å². The molecule has 88 valence electrons. The number of alkyl halides is 3. The zero-order valence-corrected chi connectivity index (χ0v) is 8.76. The molecule has 1 aliphatic rings. The molecule has 0 N–H and O–H groups in total. The van der Waals surface area contributed by atoms with Crippen LogP contribution in [-0.4, -0.2) is 6.36 Å². The molecule has 0 aliphatic heterocycles. The smallest absolute Gasteiger partial charge is 0.406 e. The lowest BCUT2D eigenvalue weighted by molar-refractivity contribution is -0.274. The molecule has 16 heavy (non-hydrogen) atoms. The van der Waals surface area contributed by atoms with Gasteiger partial charge in [-0.1, -0.05) is 25.0 Å². The summed E-state index contributed by atoms with van der Waals surface area (Å²) >= 11 is 0. The molecule has 1 aromatic rings. The number of halogens is 3. The van der Waals surface area contributed by atoms with Gasteiger partial charge in [0.05, 0.1) is 0 Å². The third-order valence-electron chi connectivity index (χ3n) is 2.92. The van der Waals surface area contributed by atoms with Crippen LogP contribution in [0.3, 0.4) is 0 Å². The minimum absolute atomic E-state index is 0.114. The van der Waals surface area contributed by atoms with Crippen LogP contribution < -0.4 is 4.74 Å². The minimum atomic E-state index is -4.60. The quantitative estimate of drug-likeness (QED) is 0.738. The molecule has 0 radical (unpaired) electrons. The first kappa shape index (κ1) is 11.3. The van der Waals surface area contributed by atoms with Crippen LogP contribution in [0.4, 0.5) is 13.2 Å². The van der Waals surface area contributed by atoms with Crippen molar-refractivity contribution in [1.82, 2.24) is 0 Å². The first-order chi connectivity index (χ1) is 7.54. The Hall–Kier alpha value is -1.19. The molecule has 1 aliphatic carbocycles. The number of rotatable bonds is 2. The van der Waals surface area contributed by atoms with E-state index in [9.17, 15) is 13.2 Å². The monoisotopic (exact) mass is 230 g/mol. The summed E-state index contributed by atoms with van der Waals surface area (Å²) in [4.78, 5) is 0. The summed E-state index contributed by atoms with van der Waals surface area (Å²) in [5.74, 6) is 0.286. The van der Waals surface area contributed by atoms with Gasteiger partial charge in [0.1, 0.15) is 5.75 Å². The Morgan fingerprint density at radius 2 is 1.81 bits per heavy atom. The maximum Gasteiger partial charge on any atom is 0.573 e. The van der Waals surface area contributed by atoms with Gasteiger partial charge in [0.25, 0.3) is 0 Å². The fourth-order valence-corrected chi connectivity index (χ4v) is 2.22. The second kappa shape index (κ2) is 4.36. The van der Waals surface area contributed by atoms with Crippen LogP contribution in [0.5, 0.6) is 5.75 Å². The maximum absolute atomic E-state index is 12.0. The van der Waals surface area contributed by atoms with Crippen molar-refractivity contribution >= 4 is 0 Å². The van der Waals surface area contributed by atoms with E-state index < -0.39 is 6.36 Å². The first-order valence-corrected chi connectivity index (χ1v) is 5.40. The van der Waals surface area contributed by atoms with E-state index in [0.29, 0.717) is 5.92 Å². The summed E-state index contributed by atoms with van der Waals surface area (Å²) in [7, 11) is 0. The Kier molecular flexibility index (Phi) is 3.08. The van der Waals surface area contributed by atoms with Gasteiger partial charge in [-0.25, -0.2) is 0 Å². The van der Waals surface area contributed by atoms with Crippen LogP contribution in [-0.2, 0) is 0 Å². The lowest BCUT2D eigenvalue weighted by atomic mass is 9.98. The standard InChI is InChI=1S/C12H13F3O/c13-12(14,15)16-11-7-3-6-10(8-11)9-4-1-2-5-9/h3,6-9H,1-2,4-5H2. The van der Waals surface area contributed by atoms with E-state index in [1.807, 2.05) is 6.07 Å². The van der Waals surface area contributed by atoms with Gasteiger partial charge >= 0.3 is 6.36 Å².